The van der Waals surface area contributed by atoms with Crippen molar-refractivity contribution in [2.75, 3.05) is 18.4 Å². The first-order chi connectivity index (χ1) is 8.79. The van der Waals surface area contributed by atoms with Gasteiger partial charge in [0.2, 0.25) is 5.91 Å². The molecule has 0 aliphatic heterocycles. The molecule has 5 nitrogen and oxygen atoms in total. The van der Waals surface area contributed by atoms with Crippen molar-refractivity contribution in [3.8, 4) is 11.3 Å². The number of H-pyrrole nitrogens is 1. The summed E-state index contributed by atoms with van der Waals surface area (Å²) in [6.07, 6.45) is 1.70. The highest BCUT2D eigenvalue weighted by Gasteiger charge is 2.03. The van der Waals surface area contributed by atoms with E-state index in [1.54, 1.807) is 6.20 Å². The minimum Gasteiger partial charge on any atom is -0.325 e. The van der Waals surface area contributed by atoms with Crippen LogP contribution >= 0.6 is 0 Å². The highest BCUT2D eigenvalue weighted by molar-refractivity contribution is 5.92. The molecule has 0 atom stereocenters. The summed E-state index contributed by atoms with van der Waals surface area (Å²) in [6.45, 7) is 3.07. The average Bonchev–Trinajstić information content (AvgIpc) is 2.90. The van der Waals surface area contributed by atoms with Crippen LogP contribution in [-0.2, 0) is 4.79 Å². The topological polar surface area (TPSA) is 69.8 Å². The molecular formula is C13H16N4O. The average molecular weight is 244 g/mol. The van der Waals surface area contributed by atoms with Gasteiger partial charge in [-0.05, 0) is 24.7 Å². The number of aromatic nitrogens is 2. The quantitative estimate of drug-likeness (QED) is 0.748. The summed E-state index contributed by atoms with van der Waals surface area (Å²) in [5.41, 5.74) is 2.71. The normalized spacial score (nSPS) is 10.3. The van der Waals surface area contributed by atoms with Crippen LogP contribution in [0.2, 0.25) is 0 Å². The van der Waals surface area contributed by atoms with Gasteiger partial charge in [0.25, 0.3) is 0 Å². The molecule has 2 rings (SSSR count). The van der Waals surface area contributed by atoms with E-state index in [0.29, 0.717) is 6.54 Å². The van der Waals surface area contributed by atoms with Crippen LogP contribution in [0.5, 0.6) is 0 Å². The molecule has 0 saturated heterocycles. The van der Waals surface area contributed by atoms with Gasteiger partial charge in [-0.2, -0.15) is 5.10 Å². The molecule has 1 amide bonds. The molecule has 0 bridgehead atoms. The van der Waals surface area contributed by atoms with Crippen LogP contribution in [0.4, 0.5) is 5.69 Å². The lowest BCUT2D eigenvalue weighted by Gasteiger charge is -2.07. The summed E-state index contributed by atoms with van der Waals surface area (Å²) in [4.78, 5) is 11.6. The molecule has 0 saturated carbocycles. The second-order valence-corrected chi connectivity index (χ2v) is 3.88. The molecule has 0 spiro atoms. The van der Waals surface area contributed by atoms with Crippen molar-refractivity contribution in [2.24, 2.45) is 0 Å². The number of nitrogens with zero attached hydrogens (tertiary/aromatic N) is 1. The van der Waals surface area contributed by atoms with Gasteiger partial charge in [0.15, 0.2) is 0 Å². The predicted octanol–water partition coefficient (Wildman–Crippen LogP) is 1.62. The molecule has 0 fully saturated rings. The number of hydrogen-bond donors (Lipinski definition) is 3. The van der Waals surface area contributed by atoms with E-state index in [-0.39, 0.29) is 5.91 Å². The SMILES string of the molecule is CCNCC(=O)Nc1cccc(-c2ccn[nH]2)c1. The summed E-state index contributed by atoms with van der Waals surface area (Å²) in [6, 6.07) is 9.53. The van der Waals surface area contributed by atoms with E-state index in [9.17, 15) is 4.79 Å². The first-order valence-electron chi connectivity index (χ1n) is 5.90. The van der Waals surface area contributed by atoms with Gasteiger partial charge in [0, 0.05) is 17.4 Å². The highest BCUT2D eigenvalue weighted by atomic mass is 16.1. The zero-order valence-electron chi connectivity index (χ0n) is 10.2. The number of nitrogens with one attached hydrogen (secondary N) is 3. The van der Waals surface area contributed by atoms with E-state index in [2.05, 4.69) is 20.8 Å². The molecule has 0 radical (unpaired) electrons. The van der Waals surface area contributed by atoms with Crippen molar-refractivity contribution >= 4 is 11.6 Å². The van der Waals surface area contributed by atoms with Crippen LogP contribution in [0.15, 0.2) is 36.5 Å². The molecule has 0 unspecified atom stereocenters. The zero-order chi connectivity index (χ0) is 12.8. The Bertz CT molecular complexity index is 507. The number of likely N-dealkylation sites (N-methyl/N-ethyl adjacent to an activating group) is 1. The van der Waals surface area contributed by atoms with Gasteiger partial charge in [-0.3, -0.25) is 9.89 Å². The molecule has 0 aliphatic rings. The molecule has 1 heterocycles. The second kappa shape index (κ2) is 5.97. The first-order valence-corrected chi connectivity index (χ1v) is 5.90. The molecule has 5 heteroatoms. The van der Waals surface area contributed by atoms with Crippen LogP contribution in [0, 0.1) is 0 Å². The lowest BCUT2D eigenvalue weighted by Crippen LogP contribution is -2.27. The number of rotatable bonds is 5. The van der Waals surface area contributed by atoms with Crippen LogP contribution in [0.1, 0.15) is 6.92 Å². The summed E-state index contributed by atoms with van der Waals surface area (Å²) in [5.74, 6) is -0.0430. The van der Waals surface area contributed by atoms with E-state index in [4.69, 9.17) is 0 Å². The highest BCUT2D eigenvalue weighted by Crippen LogP contribution is 2.20. The lowest BCUT2D eigenvalue weighted by molar-refractivity contribution is -0.115. The van der Waals surface area contributed by atoms with Gasteiger partial charge in [-0.1, -0.05) is 19.1 Å². The number of benzene rings is 1. The summed E-state index contributed by atoms with van der Waals surface area (Å²) < 4.78 is 0. The smallest absolute Gasteiger partial charge is 0.238 e. The Morgan fingerprint density at radius 2 is 2.28 bits per heavy atom. The molecular weight excluding hydrogens is 228 g/mol. The molecule has 1 aromatic heterocycles. The molecule has 18 heavy (non-hydrogen) atoms. The van der Waals surface area contributed by atoms with Crippen molar-refractivity contribution in [3.63, 3.8) is 0 Å². The van der Waals surface area contributed by atoms with E-state index in [0.717, 1.165) is 23.5 Å². The van der Waals surface area contributed by atoms with Gasteiger partial charge in [-0.15, -0.1) is 0 Å². The van der Waals surface area contributed by atoms with E-state index in [1.807, 2.05) is 37.3 Å². The Hall–Kier alpha value is -2.14. The Morgan fingerprint density at radius 1 is 1.39 bits per heavy atom. The Kier molecular flexibility index (Phi) is 4.09. The van der Waals surface area contributed by atoms with Gasteiger partial charge in [-0.25, -0.2) is 0 Å². The predicted molar refractivity (Wildman–Crippen MR) is 71.2 cm³/mol. The van der Waals surface area contributed by atoms with Crippen LogP contribution in [-0.4, -0.2) is 29.2 Å². The third-order valence-electron chi connectivity index (χ3n) is 2.49. The van der Waals surface area contributed by atoms with Gasteiger partial charge in [0.1, 0.15) is 0 Å². The molecule has 3 N–H and O–H groups in total. The standard InChI is InChI=1S/C13H16N4O/c1-2-14-9-13(18)16-11-5-3-4-10(8-11)12-6-7-15-17-12/h3-8,14H,2,9H2,1H3,(H,15,17)(H,16,18). The number of carbonyl (C=O) groups is 1. The maximum absolute atomic E-state index is 11.6. The fraction of sp³-hybridized carbons (Fsp3) is 0.231. The van der Waals surface area contributed by atoms with Crippen molar-refractivity contribution in [2.45, 2.75) is 6.92 Å². The largest absolute Gasteiger partial charge is 0.325 e. The van der Waals surface area contributed by atoms with Gasteiger partial charge in [0.05, 0.1) is 12.2 Å². The Morgan fingerprint density at radius 3 is 3.00 bits per heavy atom. The number of amides is 1. The maximum Gasteiger partial charge on any atom is 0.238 e. The Labute approximate surface area is 106 Å². The fourth-order valence-electron chi connectivity index (χ4n) is 1.62. The molecule has 1 aromatic carbocycles. The van der Waals surface area contributed by atoms with Gasteiger partial charge < -0.3 is 10.6 Å². The van der Waals surface area contributed by atoms with Crippen LogP contribution in [0.25, 0.3) is 11.3 Å². The zero-order valence-corrected chi connectivity index (χ0v) is 10.2. The minimum atomic E-state index is -0.0430. The minimum absolute atomic E-state index is 0.0430. The molecule has 0 aliphatic carbocycles. The van der Waals surface area contributed by atoms with E-state index in [1.165, 1.54) is 0 Å². The lowest BCUT2D eigenvalue weighted by atomic mass is 10.1. The summed E-state index contributed by atoms with van der Waals surface area (Å²) in [5, 5.41) is 12.6. The number of anilines is 1. The molecule has 94 valence electrons. The Balaban J connectivity index is 2.06. The fourth-order valence-corrected chi connectivity index (χ4v) is 1.62. The second-order valence-electron chi connectivity index (χ2n) is 3.88. The number of aromatic amines is 1. The molecule has 2 aromatic rings. The van der Waals surface area contributed by atoms with Crippen molar-refractivity contribution in [1.29, 1.82) is 0 Å². The van der Waals surface area contributed by atoms with E-state index < -0.39 is 0 Å². The van der Waals surface area contributed by atoms with E-state index >= 15 is 0 Å². The summed E-state index contributed by atoms with van der Waals surface area (Å²) in [7, 11) is 0. The third kappa shape index (κ3) is 3.18. The maximum atomic E-state index is 11.6. The third-order valence-corrected chi connectivity index (χ3v) is 2.49. The number of hydrogen-bond acceptors (Lipinski definition) is 3. The van der Waals surface area contributed by atoms with Gasteiger partial charge >= 0.3 is 0 Å². The van der Waals surface area contributed by atoms with Crippen molar-refractivity contribution < 1.29 is 4.79 Å². The van der Waals surface area contributed by atoms with Crippen molar-refractivity contribution in [1.82, 2.24) is 15.5 Å². The number of carbonyl (C=O) groups excluding carboxylic acids is 1. The summed E-state index contributed by atoms with van der Waals surface area (Å²) >= 11 is 0. The monoisotopic (exact) mass is 244 g/mol. The first kappa shape index (κ1) is 12.3. The van der Waals surface area contributed by atoms with Crippen LogP contribution in [0.3, 0.4) is 0 Å². The van der Waals surface area contributed by atoms with Crippen molar-refractivity contribution in [3.05, 3.63) is 36.5 Å². The van der Waals surface area contributed by atoms with Crippen LogP contribution < -0.4 is 10.6 Å².